The van der Waals surface area contributed by atoms with E-state index in [0.717, 1.165) is 4.47 Å². The molecule has 0 amide bonds. The molecule has 1 unspecified atom stereocenters. The van der Waals surface area contributed by atoms with E-state index in [1.807, 2.05) is 6.92 Å². The average Bonchev–Trinajstić information content (AvgIpc) is 2.26. The molecular weight excluding hydrogens is 290 g/mol. The standard InChI is InChI=1S/C11H10BrNO2S/c1-2-9(11(14)15)16-10-4-3-8(12)5-7(10)6-13/h3-5,9H,2H2,1H3,(H,14,15). The van der Waals surface area contributed by atoms with E-state index in [1.54, 1.807) is 18.2 Å². The number of carboxylic acid groups (broad SMARTS) is 1. The van der Waals surface area contributed by atoms with Gasteiger partial charge < -0.3 is 5.11 Å². The number of benzene rings is 1. The van der Waals surface area contributed by atoms with E-state index < -0.39 is 11.2 Å². The second-order valence-corrected chi connectivity index (χ2v) is 5.27. The van der Waals surface area contributed by atoms with Crippen LogP contribution in [0.4, 0.5) is 0 Å². The minimum atomic E-state index is -0.848. The second-order valence-electron chi connectivity index (χ2n) is 3.11. The molecule has 0 heterocycles. The normalized spacial score (nSPS) is 11.8. The molecule has 0 saturated carbocycles. The summed E-state index contributed by atoms with van der Waals surface area (Å²) in [6.07, 6.45) is 0.529. The molecule has 1 aromatic rings. The van der Waals surface area contributed by atoms with Crippen molar-refractivity contribution in [2.24, 2.45) is 0 Å². The van der Waals surface area contributed by atoms with Crippen molar-refractivity contribution in [2.45, 2.75) is 23.5 Å². The van der Waals surface area contributed by atoms with Crippen molar-refractivity contribution in [3.63, 3.8) is 0 Å². The fourth-order valence-corrected chi connectivity index (χ4v) is 2.47. The molecule has 0 aliphatic rings. The Balaban J connectivity index is 2.97. The Kier molecular flexibility index (Phi) is 4.84. The van der Waals surface area contributed by atoms with E-state index in [0.29, 0.717) is 16.9 Å². The van der Waals surface area contributed by atoms with Gasteiger partial charge in [-0.05, 0) is 24.6 Å². The van der Waals surface area contributed by atoms with E-state index >= 15 is 0 Å². The topological polar surface area (TPSA) is 61.1 Å². The van der Waals surface area contributed by atoms with Crippen LogP contribution in [0.5, 0.6) is 0 Å². The van der Waals surface area contributed by atoms with Gasteiger partial charge in [-0.2, -0.15) is 5.26 Å². The fraction of sp³-hybridized carbons (Fsp3) is 0.273. The maximum atomic E-state index is 10.9. The van der Waals surface area contributed by atoms with Gasteiger partial charge in [-0.15, -0.1) is 11.8 Å². The maximum Gasteiger partial charge on any atom is 0.316 e. The number of halogens is 1. The molecule has 1 N–H and O–H groups in total. The SMILES string of the molecule is CCC(Sc1ccc(Br)cc1C#N)C(=O)O. The van der Waals surface area contributed by atoms with Gasteiger partial charge in [0.1, 0.15) is 11.3 Å². The summed E-state index contributed by atoms with van der Waals surface area (Å²) in [7, 11) is 0. The lowest BCUT2D eigenvalue weighted by Crippen LogP contribution is -2.14. The molecule has 1 atom stereocenters. The lowest BCUT2D eigenvalue weighted by Gasteiger charge is -2.10. The number of aliphatic carboxylic acids is 1. The zero-order valence-electron chi connectivity index (χ0n) is 8.61. The smallest absolute Gasteiger partial charge is 0.316 e. The molecule has 1 aromatic carbocycles. The van der Waals surface area contributed by atoms with Gasteiger partial charge in [-0.3, -0.25) is 4.79 Å². The van der Waals surface area contributed by atoms with Gasteiger partial charge in [-0.25, -0.2) is 0 Å². The highest BCUT2D eigenvalue weighted by Crippen LogP contribution is 2.30. The Morgan fingerprint density at radius 1 is 1.69 bits per heavy atom. The Morgan fingerprint density at radius 3 is 2.88 bits per heavy atom. The highest BCUT2D eigenvalue weighted by Gasteiger charge is 2.18. The van der Waals surface area contributed by atoms with E-state index in [9.17, 15) is 4.79 Å². The number of nitriles is 1. The average molecular weight is 300 g/mol. The molecule has 16 heavy (non-hydrogen) atoms. The van der Waals surface area contributed by atoms with Crippen LogP contribution < -0.4 is 0 Å². The fourth-order valence-electron chi connectivity index (χ4n) is 1.15. The number of rotatable bonds is 4. The Morgan fingerprint density at radius 2 is 2.38 bits per heavy atom. The monoisotopic (exact) mass is 299 g/mol. The first kappa shape index (κ1) is 13.1. The van der Waals surface area contributed by atoms with Crippen LogP contribution in [-0.2, 0) is 4.79 Å². The molecule has 0 aromatic heterocycles. The van der Waals surface area contributed by atoms with E-state index in [-0.39, 0.29) is 0 Å². The Bertz CT molecular complexity index is 442. The third-order valence-corrected chi connectivity index (χ3v) is 3.90. The van der Waals surface area contributed by atoms with Crippen molar-refractivity contribution in [3.05, 3.63) is 28.2 Å². The first-order valence-electron chi connectivity index (χ1n) is 4.67. The van der Waals surface area contributed by atoms with Crippen LogP contribution in [0.15, 0.2) is 27.6 Å². The molecule has 0 fully saturated rings. The molecule has 0 aliphatic carbocycles. The molecule has 0 spiro atoms. The summed E-state index contributed by atoms with van der Waals surface area (Å²) >= 11 is 4.49. The predicted molar refractivity (Wildman–Crippen MR) is 66.4 cm³/mol. The number of carbonyl (C=O) groups is 1. The molecular formula is C11H10BrNO2S. The molecule has 84 valence electrons. The van der Waals surface area contributed by atoms with E-state index in [4.69, 9.17) is 10.4 Å². The zero-order valence-corrected chi connectivity index (χ0v) is 11.0. The first-order chi connectivity index (χ1) is 7.58. The largest absolute Gasteiger partial charge is 0.480 e. The van der Waals surface area contributed by atoms with Gasteiger partial charge in [-0.1, -0.05) is 22.9 Å². The minimum absolute atomic E-state index is 0.499. The van der Waals surface area contributed by atoms with Gasteiger partial charge >= 0.3 is 5.97 Å². The number of thioether (sulfide) groups is 1. The van der Waals surface area contributed by atoms with Gasteiger partial charge in [0.05, 0.1) is 5.56 Å². The van der Waals surface area contributed by atoms with Crippen molar-refractivity contribution in [1.82, 2.24) is 0 Å². The molecule has 5 heteroatoms. The van der Waals surface area contributed by atoms with Crippen molar-refractivity contribution in [2.75, 3.05) is 0 Å². The summed E-state index contributed by atoms with van der Waals surface area (Å²) in [6, 6.07) is 7.32. The Hall–Kier alpha value is -0.990. The van der Waals surface area contributed by atoms with E-state index in [1.165, 1.54) is 11.8 Å². The third-order valence-electron chi connectivity index (χ3n) is 1.98. The van der Waals surface area contributed by atoms with Gasteiger partial charge in [0.2, 0.25) is 0 Å². The van der Waals surface area contributed by atoms with Crippen molar-refractivity contribution in [3.8, 4) is 6.07 Å². The summed E-state index contributed by atoms with van der Waals surface area (Å²) in [6.45, 7) is 1.82. The molecule has 3 nitrogen and oxygen atoms in total. The summed E-state index contributed by atoms with van der Waals surface area (Å²) in [4.78, 5) is 11.6. The van der Waals surface area contributed by atoms with Crippen LogP contribution in [0.3, 0.4) is 0 Å². The number of hydrogen-bond acceptors (Lipinski definition) is 3. The third kappa shape index (κ3) is 3.26. The van der Waals surface area contributed by atoms with Gasteiger partial charge in [0, 0.05) is 9.37 Å². The van der Waals surface area contributed by atoms with Crippen LogP contribution in [0.25, 0.3) is 0 Å². The molecule has 0 aliphatic heterocycles. The summed E-state index contributed by atoms with van der Waals surface area (Å²) in [5.74, 6) is -0.848. The van der Waals surface area contributed by atoms with Crippen LogP contribution in [0, 0.1) is 11.3 Å². The second kappa shape index (κ2) is 5.92. The quantitative estimate of drug-likeness (QED) is 0.867. The minimum Gasteiger partial charge on any atom is -0.480 e. The number of nitrogens with zero attached hydrogens (tertiary/aromatic N) is 1. The van der Waals surface area contributed by atoms with Gasteiger partial charge in [0.15, 0.2) is 0 Å². The lowest BCUT2D eigenvalue weighted by molar-refractivity contribution is -0.136. The predicted octanol–water partition coefficient (Wildman–Crippen LogP) is 3.28. The van der Waals surface area contributed by atoms with Crippen molar-refractivity contribution < 1.29 is 9.90 Å². The van der Waals surface area contributed by atoms with Crippen LogP contribution in [0.1, 0.15) is 18.9 Å². The molecule has 0 bridgehead atoms. The molecule has 0 saturated heterocycles. The van der Waals surface area contributed by atoms with Crippen LogP contribution in [0.2, 0.25) is 0 Å². The van der Waals surface area contributed by atoms with E-state index in [2.05, 4.69) is 22.0 Å². The van der Waals surface area contributed by atoms with Gasteiger partial charge in [0.25, 0.3) is 0 Å². The number of hydrogen-bond donors (Lipinski definition) is 1. The van der Waals surface area contributed by atoms with Crippen molar-refractivity contribution >= 4 is 33.7 Å². The summed E-state index contributed by atoms with van der Waals surface area (Å²) < 4.78 is 0.816. The van der Waals surface area contributed by atoms with Crippen LogP contribution in [-0.4, -0.2) is 16.3 Å². The zero-order chi connectivity index (χ0) is 12.1. The first-order valence-corrected chi connectivity index (χ1v) is 6.34. The summed E-state index contributed by atoms with van der Waals surface area (Å²) in [5.41, 5.74) is 0.499. The maximum absolute atomic E-state index is 10.9. The lowest BCUT2D eigenvalue weighted by atomic mass is 10.2. The molecule has 0 radical (unpaired) electrons. The van der Waals surface area contributed by atoms with Crippen molar-refractivity contribution in [1.29, 1.82) is 5.26 Å². The van der Waals surface area contributed by atoms with Crippen LogP contribution >= 0.6 is 27.7 Å². The number of carboxylic acids is 1. The Labute approximate surface area is 107 Å². The highest BCUT2D eigenvalue weighted by atomic mass is 79.9. The summed E-state index contributed by atoms with van der Waals surface area (Å²) in [5, 5.41) is 17.4. The molecule has 1 rings (SSSR count). The highest BCUT2D eigenvalue weighted by molar-refractivity contribution is 9.10.